The van der Waals surface area contributed by atoms with Gasteiger partial charge in [-0.25, -0.2) is 0 Å². The van der Waals surface area contributed by atoms with Gasteiger partial charge >= 0.3 is 5.97 Å². The predicted molar refractivity (Wildman–Crippen MR) is 144 cm³/mol. The lowest BCUT2D eigenvalue weighted by Crippen LogP contribution is -2.45. The number of ether oxygens (including phenoxy) is 1. The fourth-order valence-corrected chi connectivity index (χ4v) is 5.91. The number of hydrogen-bond donors (Lipinski definition) is 1. The first-order valence-corrected chi connectivity index (χ1v) is 13.8. The van der Waals surface area contributed by atoms with E-state index in [1.807, 2.05) is 30.0 Å². The zero-order valence-corrected chi connectivity index (χ0v) is 23.0. The van der Waals surface area contributed by atoms with Crippen molar-refractivity contribution in [1.82, 2.24) is 9.80 Å². The first-order chi connectivity index (χ1) is 17.2. The number of carboxylic acids is 1. The quantitative estimate of drug-likeness (QED) is 0.363. The van der Waals surface area contributed by atoms with Gasteiger partial charge in [0.1, 0.15) is 5.75 Å². The van der Waals surface area contributed by atoms with Crippen LogP contribution in [-0.4, -0.2) is 65.6 Å². The summed E-state index contributed by atoms with van der Waals surface area (Å²) in [7, 11) is 0. The molecule has 6 heteroatoms. The number of rotatable bonds is 13. The van der Waals surface area contributed by atoms with Crippen LogP contribution in [0.2, 0.25) is 0 Å². The summed E-state index contributed by atoms with van der Waals surface area (Å²) in [6.45, 7) is 13.7. The van der Waals surface area contributed by atoms with E-state index in [0.717, 1.165) is 62.1 Å². The average molecular weight is 499 g/mol. The van der Waals surface area contributed by atoms with Gasteiger partial charge in [-0.3, -0.25) is 14.5 Å². The Morgan fingerprint density at radius 3 is 2.50 bits per heavy atom. The van der Waals surface area contributed by atoms with Crippen molar-refractivity contribution in [2.75, 3.05) is 32.8 Å². The van der Waals surface area contributed by atoms with E-state index < -0.39 is 11.9 Å². The molecular weight excluding hydrogens is 452 g/mol. The number of amides is 1. The number of unbranched alkanes of at least 4 members (excludes halogenated alkanes) is 2. The second-order valence-electron chi connectivity index (χ2n) is 11.2. The van der Waals surface area contributed by atoms with Gasteiger partial charge in [-0.2, -0.15) is 0 Å². The Kier molecular flexibility index (Phi) is 10.0. The van der Waals surface area contributed by atoms with Crippen molar-refractivity contribution in [1.29, 1.82) is 0 Å². The standard InChI is InChI=1S/C30H46N2O4/c1-6-9-15-31(16-10-7-2)27(33)21-32-20-24(22-11-12-26-23(18-22)13-17-36-26)28(29(34)35)25(32)19-30(4,5)14-8-3/h8,11-12,14,18,24-25,28H,6-7,9-10,13,15-17,19-21H2,1-5H3,(H,34,35)/t24-,25+,28?/m1/s1. The predicted octanol–water partition coefficient (Wildman–Crippen LogP) is 5.51. The highest BCUT2D eigenvalue weighted by Gasteiger charge is 2.48. The largest absolute Gasteiger partial charge is 0.493 e. The van der Waals surface area contributed by atoms with Crippen LogP contribution in [0.4, 0.5) is 0 Å². The van der Waals surface area contributed by atoms with Gasteiger partial charge in [0.2, 0.25) is 5.91 Å². The molecular formula is C30H46N2O4. The van der Waals surface area contributed by atoms with Gasteiger partial charge in [0.25, 0.3) is 0 Å². The van der Waals surface area contributed by atoms with Gasteiger partial charge < -0.3 is 14.7 Å². The van der Waals surface area contributed by atoms with Gasteiger partial charge in [0.05, 0.1) is 19.1 Å². The Bertz CT molecular complexity index is 918. The Hall–Kier alpha value is -2.34. The van der Waals surface area contributed by atoms with Crippen LogP contribution in [0.1, 0.15) is 83.8 Å². The third kappa shape index (κ3) is 6.90. The lowest BCUT2D eigenvalue weighted by Gasteiger charge is -2.34. The van der Waals surface area contributed by atoms with E-state index >= 15 is 0 Å². The van der Waals surface area contributed by atoms with Crippen molar-refractivity contribution < 1.29 is 19.4 Å². The van der Waals surface area contributed by atoms with Gasteiger partial charge in [-0.15, -0.1) is 0 Å². The Morgan fingerprint density at radius 1 is 1.19 bits per heavy atom. The maximum atomic E-state index is 13.5. The number of likely N-dealkylation sites (tertiary alicyclic amines) is 1. The fraction of sp³-hybridized carbons (Fsp3) is 0.667. The molecule has 200 valence electrons. The Balaban J connectivity index is 1.91. The highest BCUT2D eigenvalue weighted by molar-refractivity contribution is 5.79. The molecule has 1 fully saturated rings. The summed E-state index contributed by atoms with van der Waals surface area (Å²) >= 11 is 0. The number of fused-ring (bicyclic) bond motifs is 1. The monoisotopic (exact) mass is 498 g/mol. The number of carbonyl (C=O) groups is 2. The molecule has 2 aliphatic rings. The van der Waals surface area contributed by atoms with Crippen LogP contribution < -0.4 is 4.74 Å². The van der Waals surface area contributed by atoms with Crippen molar-refractivity contribution in [3.63, 3.8) is 0 Å². The minimum absolute atomic E-state index is 0.123. The highest BCUT2D eigenvalue weighted by atomic mass is 16.5. The highest BCUT2D eigenvalue weighted by Crippen LogP contribution is 2.43. The summed E-state index contributed by atoms with van der Waals surface area (Å²) in [6.07, 6.45) is 9.81. The van der Waals surface area contributed by atoms with Crippen LogP contribution in [-0.2, 0) is 16.0 Å². The summed E-state index contributed by atoms with van der Waals surface area (Å²) < 4.78 is 5.68. The summed E-state index contributed by atoms with van der Waals surface area (Å²) in [5, 5.41) is 10.5. The lowest BCUT2D eigenvalue weighted by atomic mass is 9.77. The molecule has 3 rings (SSSR count). The number of hydrogen-bond acceptors (Lipinski definition) is 4. The minimum atomic E-state index is -0.776. The van der Waals surface area contributed by atoms with Crippen molar-refractivity contribution in [2.24, 2.45) is 11.3 Å². The molecule has 0 aliphatic carbocycles. The van der Waals surface area contributed by atoms with E-state index in [1.165, 1.54) is 0 Å². The van der Waals surface area contributed by atoms with E-state index in [1.54, 1.807) is 0 Å². The molecule has 1 aromatic rings. The first kappa shape index (κ1) is 28.2. The van der Waals surface area contributed by atoms with E-state index in [2.05, 4.69) is 44.7 Å². The molecule has 2 aliphatic heterocycles. The molecule has 2 heterocycles. The van der Waals surface area contributed by atoms with E-state index in [-0.39, 0.29) is 29.8 Å². The van der Waals surface area contributed by atoms with E-state index in [4.69, 9.17) is 4.74 Å². The summed E-state index contributed by atoms with van der Waals surface area (Å²) in [4.78, 5) is 30.5. The molecule has 0 radical (unpaired) electrons. The van der Waals surface area contributed by atoms with Crippen LogP contribution in [0.25, 0.3) is 0 Å². The molecule has 1 saturated heterocycles. The van der Waals surface area contributed by atoms with Crippen LogP contribution in [0, 0.1) is 11.3 Å². The lowest BCUT2D eigenvalue weighted by molar-refractivity contribution is -0.144. The molecule has 0 aromatic heterocycles. The van der Waals surface area contributed by atoms with Crippen LogP contribution in [0.5, 0.6) is 5.75 Å². The van der Waals surface area contributed by atoms with Gasteiger partial charge in [-0.1, -0.05) is 64.8 Å². The van der Waals surface area contributed by atoms with Gasteiger partial charge in [-0.05, 0) is 48.8 Å². The third-order valence-electron chi connectivity index (χ3n) is 7.78. The van der Waals surface area contributed by atoms with Crippen molar-refractivity contribution in [3.8, 4) is 5.75 Å². The topological polar surface area (TPSA) is 70.1 Å². The molecule has 1 N–H and O–H groups in total. The molecule has 1 aromatic carbocycles. The molecule has 1 amide bonds. The maximum Gasteiger partial charge on any atom is 0.308 e. The Morgan fingerprint density at radius 2 is 1.89 bits per heavy atom. The number of benzene rings is 1. The normalized spacial score (nSPS) is 22.1. The molecule has 1 unspecified atom stereocenters. The molecule has 0 saturated carbocycles. The van der Waals surface area contributed by atoms with Crippen molar-refractivity contribution >= 4 is 11.9 Å². The van der Waals surface area contributed by atoms with E-state index in [9.17, 15) is 14.7 Å². The number of allylic oxidation sites excluding steroid dienone is 2. The number of nitrogens with zero attached hydrogens (tertiary/aromatic N) is 2. The van der Waals surface area contributed by atoms with Crippen LogP contribution >= 0.6 is 0 Å². The second kappa shape index (κ2) is 12.8. The summed E-state index contributed by atoms with van der Waals surface area (Å²) in [5.74, 6) is -0.474. The first-order valence-electron chi connectivity index (χ1n) is 13.8. The Labute approximate surface area is 217 Å². The summed E-state index contributed by atoms with van der Waals surface area (Å²) in [6, 6.07) is 5.93. The number of carboxylic acid groups (broad SMARTS) is 1. The zero-order chi connectivity index (χ0) is 26.3. The molecule has 6 nitrogen and oxygen atoms in total. The second-order valence-corrected chi connectivity index (χ2v) is 11.2. The molecule has 3 atom stereocenters. The number of aliphatic carboxylic acids is 1. The molecule has 0 bridgehead atoms. The smallest absolute Gasteiger partial charge is 0.308 e. The molecule has 0 spiro atoms. The van der Waals surface area contributed by atoms with Crippen molar-refractivity contribution in [3.05, 3.63) is 41.5 Å². The third-order valence-corrected chi connectivity index (χ3v) is 7.78. The van der Waals surface area contributed by atoms with Crippen LogP contribution in [0.15, 0.2) is 30.4 Å². The fourth-order valence-electron chi connectivity index (χ4n) is 5.91. The van der Waals surface area contributed by atoms with Crippen molar-refractivity contribution in [2.45, 2.75) is 85.1 Å². The van der Waals surface area contributed by atoms with E-state index in [0.29, 0.717) is 19.6 Å². The number of carbonyl (C=O) groups excluding carboxylic acids is 1. The van der Waals surface area contributed by atoms with Gasteiger partial charge in [0, 0.05) is 38.0 Å². The minimum Gasteiger partial charge on any atom is -0.493 e. The van der Waals surface area contributed by atoms with Crippen LogP contribution in [0.3, 0.4) is 0 Å². The summed E-state index contributed by atoms with van der Waals surface area (Å²) in [5.41, 5.74) is 2.03. The average Bonchev–Trinajstić information content (AvgIpc) is 3.43. The SMILES string of the molecule is CC=CC(C)(C)C[C@H]1C(C(=O)O)[C@@H](c2ccc3c(c2)CCO3)CN1CC(=O)N(CCCC)CCCC. The van der Waals surface area contributed by atoms with Gasteiger partial charge in [0.15, 0.2) is 0 Å². The zero-order valence-electron chi connectivity index (χ0n) is 23.0. The maximum absolute atomic E-state index is 13.5. The molecule has 36 heavy (non-hydrogen) atoms.